The molecule has 2 heterocycles. The van der Waals surface area contributed by atoms with Crippen molar-refractivity contribution in [3.8, 4) is 18.1 Å². The summed E-state index contributed by atoms with van der Waals surface area (Å²) in [4.78, 5) is 57.2. The smallest absolute Gasteiger partial charge is 0.261 e. The Balaban J connectivity index is 1.76. The number of fused-ring (bicyclic) bond motifs is 2. The molecule has 2 aliphatic rings. The maximum absolute atomic E-state index is 13.7. The van der Waals surface area contributed by atoms with Crippen molar-refractivity contribution in [2.75, 3.05) is 6.61 Å². The molecular weight excluding hydrogens is 516 g/mol. The van der Waals surface area contributed by atoms with Crippen LogP contribution in [0.4, 0.5) is 0 Å². The van der Waals surface area contributed by atoms with Gasteiger partial charge in [-0.3, -0.25) is 29.0 Å². The third-order valence-electron chi connectivity index (χ3n) is 8.35. The lowest BCUT2D eigenvalue weighted by Crippen LogP contribution is -2.44. The van der Waals surface area contributed by atoms with Gasteiger partial charge in [-0.15, -0.1) is 6.42 Å². The number of terminal acetylenes is 1. The van der Waals surface area contributed by atoms with Crippen molar-refractivity contribution in [2.24, 2.45) is 0 Å². The van der Waals surface area contributed by atoms with Crippen LogP contribution >= 0.6 is 0 Å². The van der Waals surface area contributed by atoms with E-state index in [2.05, 4.69) is 5.92 Å². The fraction of sp³-hybridized carbons (Fsp3) is 0.235. The Hall–Kier alpha value is -4.96. The fourth-order valence-corrected chi connectivity index (χ4v) is 6.79. The Bertz CT molecular complexity index is 2110. The molecule has 7 nitrogen and oxygen atoms in total. The number of nitrogens with zero attached hydrogens (tertiary/aromatic N) is 2. The number of carbonyl (C=O) groups is 4. The maximum Gasteiger partial charge on any atom is 0.261 e. The number of ether oxygens (including phenoxy) is 1. The summed E-state index contributed by atoms with van der Waals surface area (Å²) in [6.07, 6.45) is 6.07. The SMILES string of the molecule is C#Cc1cc2c3c(ccc4c5c(OCC)cc6c7c(ccc(c1c34)c75)C(=O)N(C(C)C)C6=O)C(=O)N(C(C)C)C2=O. The van der Waals surface area contributed by atoms with Gasteiger partial charge in [-0.2, -0.15) is 0 Å². The summed E-state index contributed by atoms with van der Waals surface area (Å²) < 4.78 is 6.16. The summed E-state index contributed by atoms with van der Waals surface area (Å²) in [5.41, 5.74) is 2.14. The maximum atomic E-state index is 13.7. The number of rotatable bonds is 4. The molecule has 0 spiro atoms. The molecule has 0 bridgehead atoms. The van der Waals surface area contributed by atoms with Crippen LogP contribution in [0, 0.1) is 12.3 Å². The molecule has 0 aliphatic carbocycles. The third-order valence-corrected chi connectivity index (χ3v) is 8.35. The Morgan fingerprint density at radius 3 is 1.61 bits per heavy atom. The Morgan fingerprint density at radius 2 is 1.12 bits per heavy atom. The second-order valence-corrected chi connectivity index (χ2v) is 11.2. The van der Waals surface area contributed by atoms with E-state index in [0.717, 1.165) is 10.8 Å². The van der Waals surface area contributed by atoms with Gasteiger partial charge in [0.2, 0.25) is 0 Å². The van der Waals surface area contributed by atoms with E-state index in [1.165, 1.54) is 9.80 Å². The van der Waals surface area contributed by atoms with Gasteiger partial charge in [-0.1, -0.05) is 18.1 Å². The molecule has 5 aromatic rings. The van der Waals surface area contributed by atoms with E-state index in [1.54, 1.807) is 38.1 Å². The Labute approximate surface area is 236 Å². The van der Waals surface area contributed by atoms with Crippen LogP contribution < -0.4 is 4.74 Å². The van der Waals surface area contributed by atoms with E-state index in [0.29, 0.717) is 72.5 Å². The minimum absolute atomic E-state index is 0.327. The molecule has 0 aromatic heterocycles. The number of hydrogen-bond acceptors (Lipinski definition) is 5. The molecule has 7 rings (SSSR count). The lowest BCUT2D eigenvalue weighted by atomic mass is 9.80. The van der Waals surface area contributed by atoms with Crippen molar-refractivity contribution < 1.29 is 23.9 Å². The highest BCUT2D eigenvalue weighted by Crippen LogP contribution is 2.50. The molecule has 0 saturated carbocycles. The Morgan fingerprint density at radius 1 is 0.659 bits per heavy atom. The summed E-state index contributed by atoms with van der Waals surface area (Å²) in [5, 5.41) is 5.41. The number of amides is 4. The summed E-state index contributed by atoms with van der Waals surface area (Å²) in [6.45, 7) is 9.44. The van der Waals surface area contributed by atoms with E-state index in [1.807, 2.05) is 32.9 Å². The molecular formula is C34H26N2O5. The molecule has 0 radical (unpaired) electrons. The van der Waals surface area contributed by atoms with Gasteiger partial charge in [0, 0.05) is 66.7 Å². The number of carbonyl (C=O) groups excluding carboxylic acids is 4. The molecule has 0 atom stereocenters. The van der Waals surface area contributed by atoms with Crippen LogP contribution in [-0.4, -0.2) is 52.1 Å². The molecule has 0 saturated heterocycles. The third kappa shape index (κ3) is 2.94. The first-order chi connectivity index (χ1) is 19.6. The minimum atomic E-state index is -0.385. The van der Waals surface area contributed by atoms with Gasteiger partial charge in [-0.05, 0) is 69.7 Å². The van der Waals surface area contributed by atoms with Crippen LogP contribution in [0.25, 0.3) is 43.1 Å². The van der Waals surface area contributed by atoms with Crippen molar-refractivity contribution in [1.29, 1.82) is 0 Å². The van der Waals surface area contributed by atoms with Gasteiger partial charge in [0.15, 0.2) is 0 Å². The zero-order valence-corrected chi connectivity index (χ0v) is 23.3. The van der Waals surface area contributed by atoms with Gasteiger partial charge >= 0.3 is 0 Å². The zero-order chi connectivity index (χ0) is 29.1. The summed E-state index contributed by atoms with van der Waals surface area (Å²) in [6, 6.07) is 9.96. The van der Waals surface area contributed by atoms with Gasteiger partial charge in [-0.25, -0.2) is 0 Å². The van der Waals surface area contributed by atoms with Crippen LogP contribution in [0.2, 0.25) is 0 Å². The van der Waals surface area contributed by atoms with Crippen LogP contribution in [0.1, 0.15) is 81.6 Å². The molecule has 5 aromatic carbocycles. The fourth-order valence-electron chi connectivity index (χ4n) is 6.79. The largest absolute Gasteiger partial charge is 0.493 e. The minimum Gasteiger partial charge on any atom is -0.493 e. The molecule has 0 N–H and O–H groups in total. The van der Waals surface area contributed by atoms with E-state index < -0.39 is 0 Å². The molecule has 2 aliphatic heterocycles. The van der Waals surface area contributed by atoms with Crippen molar-refractivity contribution in [2.45, 2.75) is 46.7 Å². The highest BCUT2D eigenvalue weighted by Gasteiger charge is 2.39. The van der Waals surface area contributed by atoms with Crippen molar-refractivity contribution in [3.05, 3.63) is 64.2 Å². The van der Waals surface area contributed by atoms with Gasteiger partial charge in [0.05, 0.1) is 12.2 Å². The first kappa shape index (κ1) is 25.0. The lowest BCUT2D eigenvalue weighted by Gasteiger charge is -2.33. The topological polar surface area (TPSA) is 84.0 Å². The molecule has 7 heteroatoms. The van der Waals surface area contributed by atoms with Crippen LogP contribution in [-0.2, 0) is 0 Å². The normalized spacial score (nSPS) is 15.1. The first-order valence-corrected chi connectivity index (χ1v) is 13.8. The average Bonchev–Trinajstić information content (AvgIpc) is 2.93. The quantitative estimate of drug-likeness (QED) is 0.118. The summed E-state index contributed by atoms with van der Waals surface area (Å²) in [5.74, 6) is 1.80. The van der Waals surface area contributed by atoms with E-state index in [4.69, 9.17) is 11.2 Å². The summed E-state index contributed by atoms with van der Waals surface area (Å²) >= 11 is 0. The van der Waals surface area contributed by atoms with E-state index in [-0.39, 0.29) is 35.7 Å². The second-order valence-electron chi connectivity index (χ2n) is 11.2. The zero-order valence-electron chi connectivity index (χ0n) is 23.3. The molecule has 4 amide bonds. The number of hydrogen-bond donors (Lipinski definition) is 0. The highest BCUT2D eigenvalue weighted by atomic mass is 16.5. The number of benzene rings is 5. The van der Waals surface area contributed by atoms with Crippen molar-refractivity contribution in [1.82, 2.24) is 9.80 Å². The van der Waals surface area contributed by atoms with Gasteiger partial charge in [0.1, 0.15) is 5.75 Å². The van der Waals surface area contributed by atoms with Crippen LogP contribution in [0.15, 0.2) is 36.4 Å². The first-order valence-electron chi connectivity index (χ1n) is 13.8. The lowest BCUT2D eigenvalue weighted by molar-refractivity contribution is 0.0547. The average molecular weight is 543 g/mol. The second kappa shape index (κ2) is 8.28. The Kier molecular flexibility index (Phi) is 5.05. The highest BCUT2D eigenvalue weighted by molar-refractivity contribution is 6.42. The van der Waals surface area contributed by atoms with Crippen molar-refractivity contribution >= 4 is 66.7 Å². The predicted octanol–water partition coefficient (Wildman–Crippen LogP) is 6.13. The van der Waals surface area contributed by atoms with Crippen molar-refractivity contribution in [3.63, 3.8) is 0 Å². The molecule has 41 heavy (non-hydrogen) atoms. The number of imide groups is 2. The standard InChI is InChI=1S/C34H26N2O5/c1-7-17-13-22-26-20(31(37)35(15(3)4)33(22)39)12-10-19-28-24(41-8-2)14-23-27-21(32(38)36(16(5)6)34(23)40)11-9-18(30(27)28)25(17)29(19)26/h1,9-16H,8H2,2-6H3. The van der Waals surface area contributed by atoms with E-state index in [9.17, 15) is 19.2 Å². The van der Waals surface area contributed by atoms with E-state index >= 15 is 0 Å². The van der Waals surface area contributed by atoms with Gasteiger partial charge in [0.25, 0.3) is 23.6 Å². The van der Waals surface area contributed by atoms with Gasteiger partial charge < -0.3 is 4.74 Å². The molecule has 0 unspecified atom stereocenters. The summed E-state index contributed by atoms with van der Waals surface area (Å²) in [7, 11) is 0. The predicted molar refractivity (Wildman–Crippen MR) is 158 cm³/mol. The van der Waals surface area contributed by atoms with Crippen LogP contribution in [0.5, 0.6) is 5.75 Å². The van der Waals surface area contributed by atoms with Crippen LogP contribution in [0.3, 0.4) is 0 Å². The monoisotopic (exact) mass is 542 g/mol. The molecule has 0 fully saturated rings. The molecule has 202 valence electrons.